The van der Waals surface area contributed by atoms with E-state index >= 15 is 0 Å². The molecule has 0 radical (unpaired) electrons. The van der Waals surface area contributed by atoms with Gasteiger partial charge in [-0.15, -0.1) is 0 Å². The third-order valence-electron chi connectivity index (χ3n) is 2.04. The average molecular weight is 296 g/mol. The van der Waals surface area contributed by atoms with Crippen LogP contribution in [0.4, 0.5) is 0 Å². The molecule has 88 valence electrons. The molecule has 1 aromatic carbocycles. The molecule has 0 fully saturated rings. The molecule has 1 amide bonds. The van der Waals surface area contributed by atoms with Crippen LogP contribution in [0.1, 0.15) is 16.1 Å². The van der Waals surface area contributed by atoms with Crippen molar-refractivity contribution in [1.29, 1.82) is 0 Å². The summed E-state index contributed by atoms with van der Waals surface area (Å²) in [6, 6.07) is 12.8. The van der Waals surface area contributed by atoms with Gasteiger partial charge in [-0.3, -0.25) is 9.63 Å². The summed E-state index contributed by atoms with van der Waals surface area (Å²) in [5.41, 5.74) is 3.29. The maximum absolute atomic E-state index is 11.5. The maximum atomic E-state index is 11.5. The molecule has 5 heteroatoms. The average Bonchev–Trinajstić information content (AvgIpc) is 2.77. The normalized spacial score (nSPS) is 10.2. The Morgan fingerprint density at radius 2 is 2.00 bits per heavy atom. The molecule has 0 saturated carbocycles. The van der Waals surface area contributed by atoms with Crippen molar-refractivity contribution in [3.63, 3.8) is 0 Å². The molecule has 0 aliphatic carbocycles. The molecule has 2 rings (SSSR count). The van der Waals surface area contributed by atoms with Crippen LogP contribution in [-0.4, -0.2) is 5.91 Å². The second-order valence-electron chi connectivity index (χ2n) is 3.31. The van der Waals surface area contributed by atoms with E-state index in [1.165, 1.54) is 0 Å². The minimum absolute atomic E-state index is 0.199. The lowest BCUT2D eigenvalue weighted by Gasteiger charge is -2.03. The molecule has 0 bridgehead atoms. The van der Waals surface area contributed by atoms with Gasteiger partial charge in [0.25, 0.3) is 0 Å². The number of carbonyl (C=O) groups is 1. The number of hydrogen-bond donors (Lipinski definition) is 1. The summed E-state index contributed by atoms with van der Waals surface area (Å²) in [6.45, 7) is 0.314. The second-order valence-corrected chi connectivity index (χ2v) is 4.09. The van der Waals surface area contributed by atoms with Crippen LogP contribution in [0, 0.1) is 0 Å². The van der Waals surface area contributed by atoms with Crippen molar-refractivity contribution in [2.45, 2.75) is 6.61 Å². The SMILES string of the molecule is O=C(NOCc1ccccc1)c1ccc(Br)o1. The highest BCUT2D eigenvalue weighted by Gasteiger charge is 2.09. The third-order valence-corrected chi connectivity index (χ3v) is 2.47. The van der Waals surface area contributed by atoms with Gasteiger partial charge >= 0.3 is 5.91 Å². The van der Waals surface area contributed by atoms with E-state index in [1.54, 1.807) is 12.1 Å². The minimum Gasteiger partial charge on any atom is -0.444 e. The van der Waals surface area contributed by atoms with Crippen LogP contribution >= 0.6 is 15.9 Å². The van der Waals surface area contributed by atoms with Crippen LogP contribution in [0.25, 0.3) is 0 Å². The summed E-state index contributed by atoms with van der Waals surface area (Å²) in [4.78, 5) is 16.6. The zero-order valence-corrected chi connectivity index (χ0v) is 10.4. The molecule has 0 unspecified atom stereocenters. The van der Waals surface area contributed by atoms with Crippen LogP contribution in [-0.2, 0) is 11.4 Å². The number of furan rings is 1. The van der Waals surface area contributed by atoms with Crippen LogP contribution < -0.4 is 5.48 Å². The molecule has 4 nitrogen and oxygen atoms in total. The van der Waals surface area contributed by atoms with Gasteiger partial charge < -0.3 is 4.42 Å². The van der Waals surface area contributed by atoms with Gasteiger partial charge in [0.2, 0.25) is 0 Å². The lowest BCUT2D eigenvalue weighted by molar-refractivity contribution is 0.0211. The number of nitrogens with one attached hydrogen (secondary N) is 1. The Morgan fingerprint density at radius 1 is 1.24 bits per heavy atom. The van der Waals surface area contributed by atoms with Gasteiger partial charge in [-0.05, 0) is 33.6 Å². The van der Waals surface area contributed by atoms with E-state index in [-0.39, 0.29) is 5.76 Å². The highest BCUT2D eigenvalue weighted by Crippen LogP contribution is 2.13. The minimum atomic E-state index is -0.411. The fourth-order valence-corrected chi connectivity index (χ4v) is 1.55. The number of benzene rings is 1. The molecule has 0 aliphatic rings. The van der Waals surface area contributed by atoms with Gasteiger partial charge in [-0.1, -0.05) is 30.3 Å². The van der Waals surface area contributed by atoms with Gasteiger partial charge in [0.1, 0.15) is 0 Å². The molecule has 0 aliphatic heterocycles. The Morgan fingerprint density at radius 3 is 2.65 bits per heavy atom. The summed E-state index contributed by atoms with van der Waals surface area (Å²) >= 11 is 3.12. The van der Waals surface area contributed by atoms with E-state index in [1.807, 2.05) is 30.3 Å². The second kappa shape index (κ2) is 5.65. The Hall–Kier alpha value is -1.59. The van der Waals surface area contributed by atoms with Crippen molar-refractivity contribution in [2.24, 2.45) is 0 Å². The van der Waals surface area contributed by atoms with Crippen molar-refractivity contribution in [1.82, 2.24) is 5.48 Å². The summed E-state index contributed by atoms with van der Waals surface area (Å²) < 4.78 is 5.58. The van der Waals surface area contributed by atoms with Crippen molar-refractivity contribution in [3.05, 3.63) is 58.5 Å². The third kappa shape index (κ3) is 3.44. The molecule has 0 saturated heterocycles. The molecule has 1 heterocycles. The van der Waals surface area contributed by atoms with Crippen LogP contribution in [0.2, 0.25) is 0 Å². The highest BCUT2D eigenvalue weighted by molar-refractivity contribution is 9.10. The number of halogens is 1. The monoisotopic (exact) mass is 295 g/mol. The Kier molecular flexibility index (Phi) is 3.95. The Bertz CT molecular complexity index is 495. The van der Waals surface area contributed by atoms with E-state index < -0.39 is 5.91 Å². The zero-order valence-electron chi connectivity index (χ0n) is 8.85. The van der Waals surface area contributed by atoms with Gasteiger partial charge in [0.15, 0.2) is 10.4 Å². The van der Waals surface area contributed by atoms with Gasteiger partial charge in [-0.2, -0.15) is 0 Å². The first-order chi connectivity index (χ1) is 8.25. The molecular weight excluding hydrogens is 286 g/mol. The standard InChI is InChI=1S/C12H10BrNO3/c13-11-7-6-10(17-11)12(15)14-16-8-9-4-2-1-3-5-9/h1-7H,8H2,(H,14,15). The smallest absolute Gasteiger partial charge is 0.310 e. The van der Waals surface area contributed by atoms with Crippen molar-refractivity contribution < 1.29 is 14.0 Å². The van der Waals surface area contributed by atoms with Crippen molar-refractivity contribution in [2.75, 3.05) is 0 Å². The largest absolute Gasteiger partial charge is 0.444 e. The lowest BCUT2D eigenvalue weighted by Crippen LogP contribution is -2.22. The van der Waals surface area contributed by atoms with Crippen molar-refractivity contribution in [3.8, 4) is 0 Å². The van der Waals surface area contributed by atoms with E-state index in [4.69, 9.17) is 9.25 Å². The zero-order chi connectivity index (χ0) is 12.1. The van der Waals surface area contributed by atoms with Crippen molar-refractivity contribution >= 4 is 21.8 Å². The molecule has 1 N–H and O–H groups in total. The molecular formula is C12H10BrNO3. The first-order valence-electron chi connectivity index (χ1n) is 4.97. The first-order valence-corrected chi connectivity index (χ1v) is 5.76. The fourth-order valence-electron chi connectivity index (χ4n) is 1.25. The first kappa shape index (κ1) is 11.9. The molecule has 17 heavy (non-hydrogen) atoms. The Balaban J connectivity index is 1.81. The topological polar surface area (TPSA) is 51.5 Å². The lowest BCUT2D eigenvalue weighted by atomic mass is 10.2. The van der Waals surface area contributed by atoms with Gasteiger partial charge in [0.05, 0.1) is 6.61 Å². The van der Waals surface area contributed by atoms with E-state index in [2.05, 4.69) is 21.4 Å². The number of hydroxylamine groups is 1. The maximum Gasteiger partial charge on any atom is 0.310 e. The quantitative estimate of drug-likeness (QED) is 0.883. The predicted molar refractivity (Wildman–Crippen MR) is 65.1 cm³/mol. The summed E-state index contributed by atoms with van der Waals surface area (Å²) in [7, 11) is 0. The summed E-state index contributed by atoms with van der Waals surface area (Å²) in [6.07, 6.45) is 0. The predicted octanol–water partition coefficient (Wildman–Crippen LogP) is 2.90. The number of rotatable bonds is 4. The van der Waals surface area contributed by atoms with Gasteiger partial charge in [0, 0.05) is 0 Å². The number of carbonyl (C=O) groups excluding carboxylic acids is 1. The fraction of sp³-hybridized carbons (Fsp3) is 0.0833. The summed E-state index contributed by atoms with van der Waals surface area (Å²) in [5.74, 6) is -0.212. The highest BCUT2D eigenvalue weighted by atomic mass is 79.9. The van der Waals surface area contributed by atoms with Crippen LogP contribution in [0.3, 0.4) is 0 Å². The molecule has 1 aromatic heterocycles. The molecule has 0 atom stereocenters. The van der Waals surface area contributed by atoms with Crippen LogP contribution in [0.15, 0.2) is 51.6 Å². The Labute approximate surface area is 107 Å². The number of hydrogen-bond acceptors (Lipinski definition) is 3. The van der Waals surface area contributed by atoms with Gasteiger partial charge in [-0.25, -0.2) is 5.48 Å². The van der Waals surface area contributed by atoms with E-state index in [0.29, 0.717) is 11.3 Å². The summed E-state index contributed by atoms with van der Waals surface area (Å²) in [5, 5.41) is 0. The molecule has 2 aromatic rings. The van der Waals surface area contributed by atoms with Crippen LogP contribution in [0.5, 0.6) is 0 Å². The molecule has 0 spiro atoms. The van der Waals surface area contributed by atoms with E-state index in [9.17, 15) is 4.79 Å². The van der Waals surface area contributed by atoms with E-state index in [0.717, 1.165) is 5.56 Å². The number of amides is 1.